The highest BCUT2D eigenvalue weighted by Gasteiger charge is 2.34. The van der Waals surface area contributed by atoms with Gasteiger partial charge in [-0.3, -0.25) is 0 Å². The maximum atomic E-state index is 11.6. The van der Waals surface area contributed by atoms with Gasteiger partial charge < -0.3 is 15.8 Å². The largest absolute Gasteiger partial charge is 0.465 e. The molecule has 0 saturated heterocycles. The second-order valence-electron chi connectivity index (χ2n) is 5.73. The number of methoxy groups -OCH3 is 1. The zero-order chi connectivity index (χ0) is 14.0. The smallest absolute Gasteiger partial charge is 0.340 e. The summed E-state index contributed by atoms with van der Waals surface area (Å²) in [6.07, 6.45) is 5.02. The van der Waals surface area contributed by atoms with E-state index < -0.39 is 5.97 Å². The summed E-state index contributed by atoms with van der Waals surface area (Å²) in [7, 11) is 1.34. The van der Waals surface area contributed by atoms with E-state index in [-0.39, 0.29) is 5.41 Å². The molecule has 1 aromatic rings. The Labute approximate surface area is 113 Å². The van der Waals surface area contributed by atoms with Crippen LogP contribution < -0.4 is 11.1 Å². The lowest BCUT2D eigenvalue weighted by Gasteiger charge is -2.28. The van der Waals surface area contributed by atoms with Crippen LogP contribution in [0.15, 0.2) is 12.3 Å². The summed E-state index contributed by atoms with van der Waals surface area (Å²) in [6.45, 7) is 4.49. The van der Waals surface area contributed by atoms with Crippen LogP contribution in [0.3, 0.4) is 0 Å². The molecule has 1 aromatic heterocycles. The van der Waals surface area contributed by atoms with E-state index in [9.17, 15) is 4.79 Å². The fourth-order valence-corrected chi connectivity index (χ4v) is 2.60. The number of carbonyl (C=O) groups is 1. The molecule has 1 atom stereocenters. The van der Waals surface area contributed by atoms with E-state index in [1.807, 2.05) is 0 Å². The summed E-state index contributed by atoms with van der Waals surface area (Å²) in [4.78, 5) is 15.8. The van der Waals surface area contributed by atoms with Gasteiger partial charge in [0.1, 0.15) is 5.82 Å². The fourth-order valence-electron chi connectivity index (χ4n) is 2.60. The van der Waals surface area contributed by atoms with Gasteiger partial charge in [0, 0.05) is 6.04 Å². The molecule has 5 nitrogen and oxygen atoms in total. The zero-order valence-electron chi connectivity index (χ0n) is 11.7. The van der Waals surface area contributed by atoms with E-state index in [1.54, 1.807) is 6.07 Å². The number of rotatable bonds is 3. The fraction of sp³-hybridized carbons (Fsp3) is 0.571. The summed E-state index contributed by atoms with van der Waals surface area (Å²) in [5.74, 6) is 0.239. The molecule has 1 saturated carbocycles. The van der Waals surface area contributed by atoms with Crippen LogP contribution >= 0.6 is 0 Å². The minimum atomic E-state index is -0.436. The van der Waals surface area contributed by atoms with Crippen molar-refractivity contribution in [2.75, 3.05) is 18.2 Å². The number of esters is 1. The lowest BCUT2D eigenvalue weighted by atomic mass is 9.87. The second kappa shape index (κ2) is 5.07. The molecule has 0 bridgehead atoms. The third-order valence-electron chi connectivity index (χ3n) is 3.92. The average molecular weight is 263 g/mol. The summed E-state index contributed by atoms with van der Waals surface area (Å²) in [6, 6.07) is 2.03. The Hall–Kier alpha value is -1.78. The molecule has 1 fully saturated rings. The van der Waals surface area contributed by atoms with E-state index >= 15 is 0 Å². The Morgan fingerprint density at radius 2 is 2.32 bits per heavy atom. The number of hydrogen-bond acceptors (Lipinski definition) is 5. The van der Waals surface area contributed by atoms with Crippen LogP contribution in [0.25, 0.3) is 0 Å². The Balaban J connectivity index is 2.20. The van der Waals surface area contributed by atoms with Crippen molar-refractivity contribution < 1.29 is 9.53 Å². The van der Waals surface area contributed by atoms with Gasteiger partial charge >= 0.3 is 5.97 Å². The molecule has 0 amide bonds. The molecular weight excluding hydrogens is 242 g/mol. The maximum absolute atomic E-state index is 11.6. The number of nitrogen functional groups attached to an aromatic ring is 1. The second-order valence-corrected chi connectivity index (χ2v) is 5.73. The number of aromatic nitrogens is 1. The molecule has 5 heteroatoms. The van der Waals surface area contributed by atoms with Crippen molar-refractivity contribution in [3.63, 3.8) is 0 Å². The summed E-state index contributed by atoms with van der Waals surface area (Å²) in [5, 5.41) is 3.40. The number of ether oxygens (including phenoxy) is 1. The van der Waals surface area contributed by atoms with Crippen molar-refractivity contribution in [3.05, 3.63) is 17.8 Å². The molecule has 3 N–H and O–H groups in total. The number of anilines is 2. The third-order valence-corrected chi connectivity index (χ3v) is 3.92. The highest BCUT2D eigenvalue weighted by Crippen LogP contribution is 2.38. The Morgan fingerprint density at radius 3 is 2.89 bits per heavy atom. The lowest BCUT2D eigenvalue weighted by molar-refractivity contribution is 0.0602. The minimum absolute atomic E-state index is 0.245. The van der Waals surface area contributed by atoms with E-state index in [2.05, 4.69) is 24.1 Å². The Morgan fingerprint density at radius 1 is 1.58 bits per heavy atom. The van der Waals surface area contributed by atoms with Gasteiger partial charge in [-0.25, -0.2) is 9.78 Å². The van der Waals surface area contributed by atoms with Gasteiger partial charge in [-0.15, -0.1) is 0 Å². The van der Waals surface area contributed by atoms with Crippen molar-refractivity contribution in [3.8, 4) is 0 Å². The van der Waals surface area contributed by atoms with Gasteiger partial charge in [-0.2, -0.15) is 0 Å². The molecule has 1 aliphatic rings. The number of nitrogens with one attached hydrogen (secondary N) is 1. The number of hydrogen-bond donors (Lipinski definition) is 2. The maximum Gasteiger partial charge on any atom is 0.340 e. The van der Waals surface area contributed by atoms with Crippen molar-refractivity contribution >= 4 is 17.5 Å². The molecular formula is C14H21N3O2. The molecule has 0 spiro atoms. The molecule has 1 heterocycles. The van der Waals surface area contributed by atoms with Crippen LogP contribution in [0.5, 0.6) is 0 Å². The first kappa shape index (κ1) is 13.6. The van der Waals surface area contributed by atoms with Gasteiger partial charge in [0.25, 0.3) is 0 Å². The van der Waals surface area contributed by atoms with Crippen LogP contribution in [-0.2, 0) is 4.74 Å². The number of nitrogens with two attached hydrogens (primary N) is 1. The average Bonchev–Trinajstić information content (AvgIpc) is 2.70. The minimum Gasteiger partial charge on any atom is -0.465 e. The first-order valence-corrected chi connectivity index (χ1v) is 6.54. The predicted molar refractivity (Wildman–Crippen MR) is 75.0 cm³/mol. The van der Waals surface area contributed by atoms with Gasteiger partial charge in [-0.1, -0.05) is 20.3 Å². The number of nitrogens with zero attached hydrogens (tertiary/aromatic N) is 1. The van der Waals surface area contributed by atoms with Crippen LogP contribution in [0.1, 0.15) is 43.5 Å². The molecule has 1 aliphatic carbocycles. The quantitative estimate of drug-likeness (QED) is 0.819. The van der Waals surface area contributed by atoms with Crippen LogP contribution in [0.2, 0.25) is 0 Å². The lowest BCUT2D eigenvalue weighted by Crippen LogP contribution is -2.31. The van der Waals surface area contributed by atoms with Gasteiger partial charge in [0.15, 0.2) is 0 Å². The number of carbonyl (C=O) groups excluding carboxylic acids is 1. The first-order chi connectivity index (χ1) is 8.94. The predicted octanol–water partition coefficient (Wildman–Crippen LogP) is 2.44. The molecule has 19 heavy (non-hydrogen) atoms. The van der Waals surface area contributed by atoms with E-state index in [0.717, 1.165) is 6.42 Å². The Bertz CT molecular complexity index is 486. The third kappa shape index (κ3) is 2.80. The highest BCUT2D eigenvalue weighted by atomic mass is 16.5. The SMILES string of the molecule is COC(=O)c1cc(NC2CCCC2(C)C)ncc1N. The van der Waals surface area contributed by atoms with E-state index in [4.69, 9.17) is 10.5 Å². The summed E-state index contributed by atoms with van der Waals surface area (Å²) < 4.78 is 4.71. The molecule has 0 aromatic carbocycles. The van der Waals surface area contributed by atoms with Crippen LogP contribution in [0.4, 0.5) is 11.5 Å². The monoisotopic (exact) mass is 263 g/mol. The standard InChI is InChI=1S/C14H21N3O2/c1-14(2)6-4-5-11(14)17-12-7-9(13(18)19-3)10(15)8-16-12/h7-8,11H,4-6,15H2,1-3H3,(H,16,17). The Kier molecular flexibility index (Phi) is 3.64. The van der Waals surface area contributed by atoms with Crippen molar-refractivity contribution in [2.45, 2.75) is 39.2 Å². The van der Waals surface area contributed by atoms with E-state index in [0.29, 0.717) is 23.1 Å². The van der Waals surface area contributed by atoms with Crippen molar-refractivity contribution in [1.82, 2.24) is 4.98 Å². The highest BCUT2D eigenvalue weighted by molar-refractivity contribution is 5.95. The summed E-state index contributed by atoms with van der Waals surface area (Å²) >= 11 is 0. The topological polar surface area (TPSA) is 77.2 Å². The van der Waals surface area contributed by atoms with E-state index in [1.165, 1.54) is 26.1 Å². The molecule has 2 rings (SSSR count). The molecule has 104 valence electrons. The van der Waals surface area contributed by atoms with Gasteiger partial charge in [0.05, 0.1) is 24.6 Å². The van der Waals surface area contributed by atoms with Crippen LogP contribution in [-0.4, -0.2) is 24.1 Å². The zero-order valence-corrected chi connectivity index (χ0v) is 11.7. The van der Waals surface area contributed by atoms with Crippen molar-refractivity contribution in [1.29, 1.82) is 0 Å². The molecule has 0 radical (unpaired) electrons. The molecule has 0 aliphatic heterocycles. The number of pyridine rings is 1. The van der Waals surface area contributed by atoms with Crippen LogP contribution in [0, 0.1) is 5.41 Å². The van der Waals surface area contributed by atoms with Gasteiger partial charge in [0.2, 0.25) is 0 Å². The van der Waals surface area contributed by atoms with Crippen molar-refractivity contribution in [2.24, 2.45) is 5.41 Å². The van der Waals surface area contributed by atoms with Gasteiger partial charge in [-0.05, 0) is 24.3 Å². The summed E-state index contributed by atoms with van der Waals surface area (Å²) in [5.41, 5.74) is 6.67. The normalized spacial score (nSPS) is 21.1. The molecule has 1 unspecified atom stereocenters. The first-order valence-electron chi connectivity index (χ1n) is 6.54.